The molecule has 1 nitrogen and oxygen atoms in total. The van der Waals surface area contributed by atoms with Crippen LogP contribution in [-0.4, -0.2) is 11.1 Å². The fraction of sp³-hybridized carbons (Fsp3) is 0.500. The predicted octanol–water partition coefficient (Wildman–Crippen LogP) is 6.48. The van der Waals surface area contributed by atoms with E-state index in [-0.39, 0.29) is 0 Å². The summed E-state index contributed by atoms with van der Waals surface area (Å²) in [6.07, 6.45) is 14.2. The third-order valence-electron chi connectivity index (χ3n) is 5.20. The molecule has 2 aromatic rings. The van der Waals surface area contributed by atoms with Gasteiger partial charge in [0.2, 0.25) is 7.49 Å². The Labute approximate surface area is 161 Å². The van der Waals surface area contributed by atoms with Gasteiger partial charge in [-0.15, -0.1) is 0 Å². The molecule has 26 heavy (non-hydrogen) atoms. The zero-order chi connectivity index (χ0) is 18.5. The minimum absolute atomic E-state index is 0.900. The third-order valence-corrected chi connectivity index (χ3v) is 8.47. The maximum absolute atomic E-state index is 11.6. The molecule has 0 aliphatic rings. The Hall–Kier alpha value is -1.17. The van der Waals surface area contributed by atoms with Crippen molar-refractivity contribution in [2.75, 3.05) is 6.16 Å². The van der Waals surface area contributed by atoms with Crippen molar-refractivity contribution >= 4 is 18.1 Å². The molecule has 2 aromatic carbocycles. The Balaban J connectivity index is 1.78. The quantitative estimate of drug-likeness (QED) is 0.315. The fourth-order valence-electron chi connectivity index (χ4n) is 3.58. The van der Waals surface area contributed by atoms with Gasteiger partial charge in [-0.05, 0) is 37.1 Å². The second kappa shape index (κ2) is 12.3. The van der Waals surface area contributed by atoms with E-state index < -0.39 is 7.49 Å². The Bertz CT molecular complexity index is 542. The highest BCUT2D eigenvalue weighted by atomic mass is 31.2. The van der Waals surface area contributed by atoms with Crippen molar-refractivity contribution in [2.24, 2.45) is 0 Å². The van der Waals surface area contributed by atoms with Crippen LogP contribution >= 0.6 is 7.49 Å². The fourth-order valence-corrected chi connectivity index (χ4v) is 6.41. The van der Waals surface area contributed by atoms with Gasteiger partial charge in [0.1, 0.15) is 10.6 Å². The molecule has 2 heteroatoms. The van der Waals surface area contributed by atoms with Crippen LogP contribution in [0.25, 0.3) is 0 Å². The van der Waals surface area contributed by atoms with Gasteiger partial charge in [-0.3, -0.25) is 0 Å². The van der Waals surface area contributed by atoms with Gasteiger partial charge in [-0.1, -0.05) is 94.7 Å². The van der Waals surface area contributed by atoms with E-state index in [1.54, 1.807) is 0 Å². The summed E-state index contributed by atoms with van der Waals surface area (Å²) in [4.78, 5) is 11.6. The van der Waals surface area contributed by atoms with Gasteiger partial charge in [0.15, 0.2) is 0 Å². The molecule has 0 amide bonds. The van der Waals surface area contributed by atoms with Gasteiger partial charge in [0, 0.05) is 0 Å². The lowest BCUT2D eigenvalue weighted by molar-refractivity contribution is 0.559. The lowest BCUT2D eigenvalue weighted by Gasteiger charge is -2.20. The van der Waals surface area contributed by atoms with E-state index in [1.165, 1.54) is 57.8 Å². The summed E-state index contributed by atoms with van der Waals surface area (Å²) in [5, 5.41) is 2.23. The molecule has 0 saturated carbocycles. The van der Waals surface area contributed by atoms with Gasteiger partial charge in [0.25, 0.3) is 0 Å². The molecule has 0 bridgehead atoms. The Morgan fingerprint density at radius 3 is 1.38 bits per heavy atom. The van der Waals surface area contributed by atoms with Crippen LogP contribution in [0.1, 0.15) is 71.1 Å². The van der Waals surface area contributed by atoms with Crippen molar-refractivity contribution in [1.82, 2.24) is 0 Å². The highest BCUT2D eigenvalue weighted by molar-refractivity contribution is 7.84. The standard InChI is InChI=1S/C24H36OP/c1-2-3-4-5-6-7-8-9-10-17-22-26(25,23-18-13-11-14-19-23)24-20-15-12-16-21-24/h11-16,18-21,25H,2-10,17,22H2,1H3/q+1. The van der Waals surface area contributed by atoms with Crippen molar-refractivity contribution in [2.45, 2.75) is 71.1 Å². The lowest BCUT2D eigenvalue weighted by atomic mass is 10.1. The van der Waals surface area contributed by atoms with E-state index >= 15 is 0 Å². The van der Waals surface area contributed by atoms with E-state index in [4.69, 9.17) is 0 Å². The molecule has 0 fully saturated rings. The number of benzene rings is 2. The van der Waals surface area contributed by atoms with Crippen molar-refractivity contribution in [3.05, 3.63) is 60.7 Å². The average Bonchev–Trinajstić information content (AvgIpc) is 2.70. The van der Waals surface area contributed by atoms with Crippen LogP contribution in [-0.2, 0) is 0 Å². The molecular weight excluding hydrogens is 335 g/mol. The molecule has 0 saturated heterocycles. The number of unbranched alkanes of at least 4 members (excludes halogenated alkanes) is 9. The van der Waals surface area contributed by atoms with Crippen molar-refractivity contribution < 1.29 is 4.89 Å². The Morgan fingerprint density at radius 1 is 0.577 bits per heavy atom. The van der Waals surface area contributed by atoms with Crippen LogP contribution in [0.3, 0.4) is 0 Å². The number of hydrogen-bond donors (Lipinski definition) is 1. The van der Waals surface area contributed by atoms with Gasteiger partial charge in [-0.2, -0.15) is 0 Å². The van der Waals surface area contributed by atoms with Crippen LogP contribution < -0.4 is 10.6 Å². The minimum atomic E-state index is -2.25. The highest BCUT2D eigenvalue weighted by Gasteiger charge is 2.40. The third kappa shape index (κ3) is 6.86. The van der Waals surface area contributed by atoms with E-state index in [2.05, 4.69) is 31.2 Å². The molecule has 1 N–H and O–H groups in total. The minimum Gasteiger partial charge on any atom is -0.241 e. The molecule has 142 valence electrons. The van der Waals surface area contributed by atoms with Crippen LogP contribution in [0.2, 0.25) is 0 Å². The molecule has 0 aliphatic heterocycles. The van der Waals surface area contributed by atoms with Crippen LogP contribution in [0.5, 0.6) is 0 Å². The first-order valence-corrected chi connectivity index (χ1v) is 12.4. The van der Waals surface area contributed by atoms with Gasteiger partial charge in [0.05, 0.1) is 6.16 Å². The highest BCUT2D eigenvalue weighted by Crippen LogP contribution is 2.52. The molecule has 0 radical (unpaired) electrons. The molecule has 0 heterocycles. The van der Waals surface area contributed by atoms with Gasteiger partial charge >= 0.3 is 0 Å². The first kappa shape index (κ1) is 21.1. The lowest BCUT2D eigenvalue weighted by Crippen LogP contribution is -2.24. The maximum atomic E-state index is 11.6. The molecule has 0 aromatic heterocycles. The smallest absolute Gasteiger partial charge is 0.206 e. The van der Waals surface area contributed by atoms with Crippen LogP contribution in [0, 0.1) is 0 Å². The molecule has 0 unspecified atom stereocenters. The number of hydrogen-bond acceptors (Lipinski definition) is 1. The normalized spacial score (nSPS) is 11.6. The van der Waals surface area contributed by atoms with Crippen molar-refractivity contribution in [3.8, 4) is 0 Å². The summed E-state index contributed by atoms with van der Waals surface area (Å²) in [6.45, 7) is 2.27. The second-order valence-corrected chi connectivity index (χ2v) is 10.4. The zero-order valence-corrected chi connectivity index (χ0v) is 17.3. The molecule has 0 spiro atoms. The first-order valence-electron chi connectivity index (χ1n) is 10.5. The van der Waals surface area contributed by atoms with Crippen molar-refractivity contribution in [3.63, 3.8) is 0 Å². The topological polar surface area (TPSA) is 20.2 Å². The predicted molar refractivity (Wildman–Crippen MR) is 118 cm³/mol. The largest absolute Gasteiger partial charge is 0.241 e. The summed E-state index contributed by atoms with van der Waals surface area (Å²) in [7, 11) is -2.25. The zero-order valence-electron chi connectivity index (χ0n) is 16.4. The van der Waals surface area contributed by atoms with E-state index in [1.807, 2.05) is 36.4 Å². The SMILES string of the molecule is CCCCCCCCCCCC[P+](O)(c1ccccc1)c1ccccc1. The van der Waals surface area contributed by atoms with Crippen LogP contribution in [0.15, 0.2) is 60.7 Å². The average molecular weight is 372 g/mol. The Kier molecular flexibility index (Phi) is 9.96. The summed E-state index contributed by atoms with van der Waals surface area (Å²) in [5.74, 6) is 0. The summed E-state index contributed by atoms with van der Waals surface area (Å²) < 4.78 is 0. The summed E-state index contributed by atoms with van der Waals surface area (Å²) >= 11 is 0. The monoisotopic (exact) mass is 371 g/mol. The second-order valence-electron chi connectivity index (χ2n) is 7.35. The summed E-state index contributed by atoms with van der Waals surface area (Å²) in [5.41, 5.74) is 0. The molecule has 0 atom stereocenters. The van der Waals surface area contributed by atoms with E-state index in [0.717, 1.165) is 23.2 Å². The van der Waals surface area contributed by atoms with E-state index in [0.29, 0.717) is 0 Å². The molecular formula is C24H36OP+. The molecule has 0 aliphatic carbocycles. The Morgan fingerprint density at radius 2 is 0.962 bits per heavy atom. The van der Waals surface area contributed by atoms with Crippen LogP contribution in [0.4, 0.5) is 0 Å². The molecule has 2 rings (SSSR count). The summed E-state index contributed by atoms with van der Waals surface area (Å²) in [6, 6.07) is 20.6. The van der Waals surface area contributed by atoms with Crippen molar-refractivity contribution in [1.29, 1.82) is 0 Å². The first-order chi connectivity index (χ1) is 12.8. The maximum Gasteiger partial charge on any atom is 0.206 e. The van der Waals surface area contributed by atoms with Gasteiger partial charge in [-0.25, -0.2) is 4.89 Å². The number of rotatable bonds is 13. The van der Waals surface area contributed by atoms with E-state index in [9.17, 15) is 4.89 Å². The van der Waals surface area contributed by atoms with Gasteiger partial charge < -0.3 is 0 Å².